The van der Waals surface area contributed by atoms with Crippen molar-refractivity contribution in [3.8, 4) is 0 Å². The summed E-state index contributed by atoms with van der Waals surface area (Å²) in [5.41, 5.74) is 0.675. The third-order valence-electron chi connectivity index (χ3n) is 3.57. The molecule has 0 aromatic heterocycles. The van der Waals surface area contributed by atoms with Gasteiger partial charge in [-0.2, -0.15) is 0 Å². The largest absolute Gasteiger partial charge is 0.369 e. The summed E-state index contributed by atoms with van der Waals surface area (Å²) in [6.45, 7) is 1.88. The molecule has 2 N–H and O–H groups in total. The molecule has 17 heavy (non-hydrogen) atoms. The van der Waals surface area contributed by atoms with Crippen LogP contribution in [0.2, 0.25) is 0 Å². The van der Waals surface area contributed by atoms with E-state index in [1.807, 2.05) is 6.92 Å². The summed E-state index contributed by atoms with van der Waals surface area (Å²) < 4.78 is 13.8. The van der Waals surface area contributed by atoms with Gasteiger partial charge in [0.1, 0.15) is 11.4 Å². The topological polar surface area (TPSA) is 41.1 Å². The molecule has 1 aliphatic carbocycles. The van der Waals surface area contributed by atoms with Crippen LogP contribution in [0.3, 0.4) is 0 Å². The average molecular weight is 299 g/mol. The van der Waals surface area contributed by atoms with Crippen molar-refractivity contribution < 1.29 is 9.18 Å². The third kappa shape index (κ3) is 1.64. The van der Waals surface area contributed by atoms with E-state index in [0.29, 0.717) is 21.8 Å². The second-order valence-electron chi connectivity index (χ2n) is 4.87. The lowest BCUT2D eigenvalue weighted by Crippen LogP contribution is -2.51. The van der Waals surface area contributed by atoms with E-state index in [4.69, 9.17) is 0 Å². The minimum absolute atomic E-state index is 0.0361. The average Bonchev–Trinajstić information content (AvgIpc) is 3.07. The summed E-state index contributed by atoms with van der Waals surface area (Å²) in [4.78, 5) is 12.1. The highest BCUT2D eigenvalue weighted by molar-refractivity contribution is 9.10. The zero-order valence-electron chi connectivity index (χ0n) is 9.31. The number of nitrogens with one attached hydrogen (secondary N) is 2. The number of anilines is 2. The Morgan fingerprint density at radius 2 is 2.12 bits per heavy atom. The van der Waals surface area contributed by atoms with E-state index in [-0.39, 0.29) is 11.7 Å². The van der Waals surface area contributed by atoms with Crippen LogP contribution in [0, 0.1) is 11.7 Å². The van der Waals surface area contributed by atoms with Gasteiger partial charge < -0.3 is 10.6 Å². The van der Waals surface area contributed by atoms with Gasteiger partial charge in [-0.3, -0.25) is 4.79 Å². The molecule has 1 aromatic rings. The van der Waals surface area contributed by atoms with Gasteiger partial charge in [0.15, 0.2) is 0 Å². The van der Waals surface area contributed by atoms with Crippen LogP contribution in [0.15, 0.2) is 16.6 Å². The lowest BCUT2D eigenvalue weighted by molar-refractivity contribution is -0.120. The van der Waals surface area contributed by atoms with Gasteiger partial charge in [0.05, 0.1) is 15.8 Å². The second kappa shape index (κ2) is 3.45. The highest BCUT2D eigenvalue weighted by atomic mass is 79.9. The molecule has 1 unspecified atom stereocenters. The minimum Gasteiger partial charge on any atom is -0.369 e. The van der Waals surface area contributed by atoms with E-state index in [1.165, 1.54) is 6.07 Å². The zero-order valence-corrected chi connectivity index (χ0v) is 10.9. The van der Waals surface area contributed by atoms with Gasteiger partial charge in [0.25, 0.3) is 0 Å². The van der Waals surface area contributed by atoms with E-state index in [9.17, 15) is 9.18 Å². The van der Waals surface area contributed by atoms with Crippen molar-refractivity contribution in [3.63, 3.8) is 0 Å². The van der Waals surface area contributed by atoms with E-state index in [2.05, 4.69) is 26.6 Å². The molecule has 1 aliphatic heterocycles. The van der Waals surface area contributed by atoms with Gasteiger partial charge in [-0.1, -0.05) is 0 Å². The smallest absolute Gasteiger partial charge is 0.250 e. The number of amides is 1. The standard InChI is InChI=1S/C12H12BrFN2O/c1-12(6-2-3-6)11(17)15-9-4-7(13)8(14)5-10(9)16-12/h4-6,16H,2-3H2,1H3,(H,15,17). The molecule has 2 aliphatic rings. The molecule has 3 rings (SSSR count). The predicted molar refractivity (Wildman–Crippen MR) is 67.5 cm³/mol. The SMILES string of the molecule is CC1(C2CC2)Nc2cc(F)c(Br)cc2NC1=O. The predicted octanol–water partition coefficient (Wildman–Crippen LogP) is 3.12. The number of carbonyl (C=O) groups excluding carboxylic acids is 1. The van der Waals surface area contributed by atoms with Crippen molar-refractivity contribution in [3.05, 3.63) is 22.4 Å². The Morgan fingerprint density at radius 1 is 1.41 bits per heavy atom. The number of benzene rings is 1. The van der Waals surface area contributed by atoms with Gasteiger partial charge in [-0.15, -0.1) is 0 Å². The molecule has 1 aromatic carbocycles. The fourth-order valence-electron chi connectivity index (χ4n) is 2.29. The first-order valence-corrected chi connectivity index (χ1v) is 6.38. The van der Waals surface area contributed by atoms with Crippen LogP contribution in [0.1, 0.15) is 19.8 Å². The molecular formula is C12H12BrFN2O. The number of rotatable bonds is 1. The van der Waals surface area contributed by atoms with Gasteiger partial charge in [0.2, 0.25) is 5.91 Å². The minimum atomic E-state index is -0.604. The Kier molecular flexibility index (Phi) is 2.23. The summed E-state index contributed by atoms with van der Waals surface area (Å²) in [6.07, 6.45) is 2.09. The Morgan fingerprint density at radius 3 is 2.76 bits per heavy atom. The van der Waals surface area contributed by atoms with Gasteiger partial charge in [-0.25, -0.2) is 4.39 Å². The van der Waals surface area contributed by atoms with Crippen molar-refractivity contribution in [2.45, 2.75) is 25.3 Å². The first-order valence-electron chi connectivity index (χ1n) is 5.59. The molecule has 0 radical (unpaired) electrons. The number of hydrogen-bond donors (Lipinski definition) is 2. The summed E-state index contributed by atoms with van der Waals surface area (Å²) in [7, 11) is 0. The van der Waals surface area contributed by atoms with Crippen molar-refractivity contribution in [1.82, 2.24) is 0 Å². The highest BCUT2D eigenvalue weighted by Crippen LogP contribution is 2.45. The summed E-state index contributed by atoms with van der Waals surface area (Å²) in [5, 5.41) is 6.02. The van der Waals surface area contributed by atoms with Crippen LogP contribution in [-0.2, 0) is 4.79 Å². The maximum atomic E-state index is 13.5. The molecule has 0 spiro atoms. The quantitative estimate of drug-likeness (QED) is 0.836. The van der Waals surface area contributed by atoms with Crippen LogP contribution < -0.4 is 10.6 Å². The Bertz CT molecular complexity index is 515. The third-order valence-corrected chi connectivity index (χ3v) is 4.18. The number of fused-ring (bicyclic) bond motifs is 1. The summed E-state index contributed by atoms with van der Waals surface area (Å²) in [5.74, 6) is -0.0149. The molecule has 3 nitrogen and oxygen atoms in total. The highest BCUT2D eigenvalue weighted by Gasteiger charge is 2.49. The Labute approximate surface area is 107 Å². The van der Waals surface area contributed by atoms with Gasteiger partial charge >= 0.3 is 0 Å². The van der Waals surface area contributed by atoms with Gasteiger partial charge in [-0.05, 0) is 47.7 Å². The lowest BCUT2D eigenvalue weighted by atomic mass is 9.91. The molecule has 1 heterocycles. The lowest BCUT2D eigenvalue weighted by Gasteiger charge is -2.36. The molecule has 0 saturated heterocycles. The number of hydrogen-bond acceptors (Lipinski definition) is 2. The monoisotopic (exact) mass is 298 g/mol. The maximum Gasteiger partial charge on any atom is 0.250 e. The molecule has 1 atom stereocenters. The molecule has 1 amide bonds. The van der Waals surface area contributed by atoms with E-state index >= 15 is 0 Å². The maximum absolute atomic E-state index is 13.5. The van der Waals surface area contributed by atoms with Crippen LogP contribution in [0.25, 0.3) is 0 Å². The molecule has 5 heteroatoms. The normalized spacial score (nSPS) is 27.1. The molecule has 0 bridgehead atoms. The van der Waals surface area contributed by atoms with Crippen LogP contribution in [-0.4, -0.2) is 11.4 Å². The van der Waals surface area contributed by atoms with E-state index < -0.39 is 5.54 Å². The van der Waals surface area contributed by atoms with Gasteiger partial charge in [0, 0.05) is 6.07 Å². The fourth-order valence-corrected chi connectivity index (χ4v) is 2.63. The van der Waals surface area contributed by atoms with Crippen LogP contribution in [0.4, 0.5) is 15.8 Å². The van der Waals surface area contributed by atoms with Crippen molar-refractivity contribution in [1.29, 1.82) is 0 Å². The fraction of sp³-hybridized carbons (Fsp3) is 0.417. The summed E-state index contributed by atoms with van der Waals surface area (Å²) >= 11 is 3.11. The van der Waals surface area contributed by atoms with Crippen molar-refractivity contribution in [2.24, 2.45) is 5.92 Å². The van der Waals surface area contributed by atoms with E-state index in [1.54, 1.807) is 6.07 Å². The molecule has 1 saturated carbocycles. The first kappa shape index (κ1) is 11.0. The van der Waals surface area contributed by atoms with Crippen molar-refractivity contribution >= 4 is 33.2 Å². The van der Waals surface area contributed by atoms with Crippen LogP contribution in [0.5, 0.6) is 0 Å². The first-order chi connectivity index (χ1) is 8.00. The molecular weight excluding hydrogens is 287 g/mol. The zero-order chi connectivity index (χ0) is 12.2. The molecule has 1 fully saturated rings. The van der Waals surface area contributed by atoms with Crippen LogP contribution >= 0.6 is 15.9 Å². The Hall–Kier alpha value is -1.10. The Balaban J connectivity index is 2.04. The summed E-state index contributed by atoms with van der Waals surface area (Å²) in [6, 6.07) is 3.00. The number of carbonyl (C=O) groups is 1. The second-order valence-corrected chi connectivity index (χ2v) is 5.72. The van der Waals surface area contributed by atoms with E-state index in [0.717, 1.165) is 12.8 Å². The molecule has 90 valence electrons. The number of halogens is 2. The van der Waals surface area contributed by atoms with Crippen molar-refractivity contribution in [2.75, 3.05) is 10.6 Å².